The molecule has 232 valence electrons. The fourth-order valence-corrected chi connectivity index (χ4v) is 5.45. The summed E-state index contributed by atoms with van der Waals surface area (Å²) in [6.07, 6.45) is 0. The van der Waals surface area contributed by atoms with Crippen LogP contribution in [-0.4, -0.2) is 29.9 Å². The van der Waals surface area contributed by atoms with Crippen molar-refractivity contribution in [1.29, 1.82) is 0 Å². The van der Waals surface area contributed by atoms with Crippen LogP contribution in [0.5, 0.6) is 0 Å². The van der Waals surface area contributed by atoms with E-state index in [1.165, 1.54) is 0 Å². The lowest BCUT2D eigenvalue weighted by Crippen LogP contribution is -2.01. The molecular weight excluding hydrogens is 624 g/mol. The van der Waals surface area contributed by atoms with Gasteiger partial charge in [0.15, 0.2) is 34.9 Å². The average Bonchev–Trinajstić information content (AvgIpc) is 3.26. The molecule has 0 bridgehead atoms. The standard InChI is InChI=1S/C42H27ClN6/c43-36-27-32(41-46-37(28-15-5-1-6-16-28)44-38(47-41)29-17-7-2-8-18-29)25-26-34(36)33-23-13-14-24-35(33)42-48-39(30-19-9-3-10-20-30)45-40(49-42)31-21-11-4-12-22-31/h1-27H/i1D,2D,5D,6D,7D,8D,15D,16D,17D,18D. The lowest BCUT2D eigenvalue weighted by Gasteiger charge is -2.14. The second-order valence-corrected chi connectivity index (χ2v) is 11.0. The third-order valence-electron chi connectivity index (χ3n) is 7.47. The Morgan fingerprint density at radius 1 is 0.347 bits per heavy atom. The maximum absolute atomic E-state index is 8.61. The molecule has 49 heavy (non-hydrogen) atoms. The number of aromatic nitrogens is 6. The fraction of sp³-hybridized carbons (Fsp3) is 0. The molecule has 7 heteroatoms. The van der Waals surface area contributed by atoms with Gasteiger partial charge in [0.2, 0.25) is 0 Å². The summed E-state index contributed by atoms with van der Waals surface area (Å²) < 4.78 is 83.6. The molecule has 2 heterocycles. The third kappa shape index (κ3) is 6.33. The van der Waals surface area contributed by atoms with Gasteiger partial charge in [0.05, 0.1) is 13.7 Å². The van der Waals surface area contributed by atoms with Gasteiger partial charge in [-0.2, -0.15) is 0 Å². The molecule has 6 nitrogen and oxygen atoms in total. The van der Waals surface area contributed by atoms with Crippen LogP contribution < -0.4 is 0 Å². The van der Waals surface area contributed by atoms with Crippen LogP contribution in [-0.2, 0) is 0 Å². The van der Waals surface area contributed by atoms with E-state index in [1.54, 1.807) is 18.2 Å². The summed E-state index contributed by atoms with van der Waals surface area (Å²) in [5.41, 5.74) is 3.08. The van der Waals surface area contributed by atoms with Gasteiger partial charge in [0, 0.05) is 44.0 Å². The monoisotopic (exact) mass is 660 g/mol. The molecule has 0 saturated heterocycles. The molecule has 0 atom stereocenters. The van der Waals surface area contributed by atoms with Gasteiger partial charge < -0.3 is 0 Å². The minimum absolute atomic E-state index is 0.108. The van der Waals surface area contributed by atoms with Gasteiger partial charge in [-0.15, -0.1) is 0 Å². The fourth-order valence-electron chi connectivity index (χ4n) is 5.17. The summed E-state index contributed by atoms with van der Waals surface area (Å²) in [6, 6.07) is 25.3. The molecule has 0 spiro atoms. The van der Waals surface area contributed by atoms with Crippen LogP contribution in [0.3, 0.4) is 0 Å². The number of rotatable bonds is 7. The Bertz CT molecular complexity index is 2770. The van der Waals surface area contributed by atoms with Crippen molar-refractivity contribution in [3.8, 4) is 79.5 Å². The highest BCUT2D eigenvalue weighted by atomic mass is 35.5. The molecule has 8 aromatic rings. The molecule has 6 aromatic carbocycles. The largest absolute Gasteiger partial charge is 0.208 e. The molecule has 0 radical (unpaired) electrons. The predicted molar refractivity (Wildman–Crippen MR) is 196 cm³/mol. The number of hydrogen-bond acceptors (Lipinski definition) is 6. The van der Waals surface area contributed by atoms with Gasteiger partial charge in [0.25, 0.3) is 0 Å². The van der Waals surface area contributed by atoms with Crippen molar-refractivity contribution >= 4 is 11.6 Å². The van der Waals surface area contributed by atoms with Crippen LogP contribution in [0.2, 0.25) is 5.02 Å². The minimum atomic E-state index is -0.636. The lowest BCUT2D eigenvalue weighted by molar-refractivity contribution is 1.07. The molecule has 0 fully saturated rings. The SMILES string of the molecule is [2H]c1c([2H])c([2H])c(-c2nc(-c3ccc(-c4ccccc4-c4nc(-c5ccccc5)nc(-c5ccccc5)n4)c(Cl)c3)nc(-c3c([2H])c([2H])c([2H])c([2H])c3[2H])n2)c([2H])c1[2H]. The molecule has 0 saturated carbocycles. The Morgan fingerprint density at radius 2 is 0.755 bits per heavy atom. The zero-order valence-corrected chi connectivity index (χ0v) is 26.1. The molecule has 8 rings (SSSR count). The van der Waals surface area contributed by atoms with Crippen LogP contribution in [0.25, 0.3) is 79.5 Å². The van der Waals surface area contributed by atoms with E-state index in [-0.39, 0.29) is 33.6 Å². The first-order valence-electron chi connectivity index (χ1n) is 20.0. The first-order chi connectivity index (χ1) is 28.3. The zero-order valence-electron chi connectivity index (χ0n) is 35.4. The number of halogens is 1. The second-order valence-electron chi connectivity index (χ2n) is 10.6. The highest BCUT2D eigenvalue weighted by Crippen LogP contribution is 2.38. The number of hydrogen-bond donors (Lipinski definition) is 0. The minimum Gasteiger partial charge on any atom is -0.208 e. The smallest absolute Gasteiger partial charge is 0.164 e. The van der Waals surface area contributed by atoms with Crippen LogP contribution in [0.15, 0.2) is 164 Å². The predicted octanol–water partition coefficient (Wildman–Crippen LogP) is 10.4. The van der Waals surface area contributed by atoms with Crippen molar-refractivity contribution < 1.29 is 13.7 Å². The molecule has 2 aromatic heterocycles. The Kier molecular flexibility index (Phi) is 5.68. The van der Waals surface area contributed by atoms with Crippen molar-refractivity contribution in [3.05, 3.63) is 169 Å². The van der Waals surface area contributed by atoms with Crippen molar-refractivity contribution in [1.82, 2.24) is 29.9 Å². The topological polar surface area (TPSA) is 77.3 Å². The first-order valence-corrected chi connectivity index (χ1v) is 15.4. The van der Waals surface area contributed by atoms with Gasteiger partial charge in [-0.1, -0.05) is 169 Å². The first kappa shape index (κ1) is 20.8. The van der Waals surface area contributed by atoms with E-state index >= 15 is 0 Å². The van der Waals surface area contributed by atoms with Crippen molar-refractivity contribution in [3.63, 3.8) is 0 Å². The summed E-state index contributed by atoms with van der Waals surface area (Å²) in [5, 5.41) is 0.240. The molecule has 0 N–H and O–H groups in total. The van der Waals surface area contributed by atoms with E-state index in [0.717, 1.165) is 11.1 Å². The van der Waals surface area contributed by atoms with Crippen LogP contribution in [0, 0.1) is 0 Å². The van der Waals surface area contributed by atoms with Gasteiger partial charge >= 0.3 is 0 Å². The van der Waals surface area contributed by atoms with Crippen LogP contribution in [0.1, 0.15) is 13.7 Å². The van der Waals surface area contributed by atoms with Crippen LogP contribution >= 0.6 is 11.6 Å². The van der Waals surface area contributed by atoms with E-state index in [9.17, 15) is 0 Å². The van der Waals surface area contributed by atoms with Gasteiger partial charge in [0.1, 0.15) is 0 Å². The quantitative estimate of drug-likeness (QED) is 0.169. The van der Waals surface area contributed by atoms with E-state index in [4.69, 9.17) is 40.3 Å². The highest BCUT2D eigenvalue weighted by molar-refractivity contribution is 6.33. The molecular formula is C42H27ClN6. The molecule has 0 unspecified atom stereocenters. The molecule has 0 aliphatic carbocycles. The summed E-state index contributed by atoms with van der Waals surface area (Å²) in [6.45, 7) is 0. The Hall–Kier alpha value is -6.37. The highest BCUT2D eigenvalue weighted by Gasteiger charge is 2.18. The second kappa shape index (κ2) is 13.4. The third-order valence-corrected chi connectivity index (χ3v) is 7.78. The summed E-state index contributed by atoms with van der Waals surface area (Å²) in [7, 11) is 0. The summed E-state index contributed by atoms with van der Waals surface area (Å²) >= 11 is 7.07. The number of nitrogens with zero attached hydrogens (tertiary/aromatic N) is 6. The van der Waals surface area contributed by atoms with Crippen LogP contribution in [0.4, 0.5) is 0 Å². The Labute approximate surface area is 303 Å². The van der Waals surface area contributed by atoms with Gasteiger partial charge in [-0.25, -0.2) is 29.9 Å². The van der Waals surface area contributed by atoms with E-state index in [1.807, 2.05) is 84.9 Å². The summed E-state index contributed by atoms with van der Waals surface area (Å²) in [5.74, 6) is 0.492. The maximum Gasteiger partial charge on any atom is 0.164 e. The molecule has 0 aliphatic rings. The van der Waals surface area contributed by atoms with Crippen molar-refractivity contribution in [2.75, 3.05) is 0 Å². The van der Waals surface area contributed by atoms with E-state index in [0.29, 0.717) is 39.7 Å². The van der Waals surface area contributed by atoms with Gasteiger partial charge in [-0.3, -0.25) is 0 Å². The molecule has 0 aliphatic heterocycles. The average molecular weight is 661 g/mol. The Morgan fingerprint density at radius 3 is 1.24 bits per heavy atom. The van der Waals surface area contributed by atoms with E-state index in [2.05, 4.69) is 15.0 Å². The Balaban J connectivity index is 1.30. The zero-order chi connectivity index (χ0) is 41.7. The van der Waals surface area contributed by atoms with Crippen molar-refractivity contribution in [2.24, 2.45) is 0 Å². The molecule has 0 amide bonds. The maximum atomic E-state index is 8.61. The van der Waals surface area contributed by atoms with E-state index < -0.39 is 60.4 Å². The summed E-state index contributed by atoms with van der Waals surface area (Å²) in [4.78, 5) is 27.9. The van der Waals surface area contributed by atoms with Gasteiger partial charge in [-0.05, 0) is 11.6 Å². The normalized spacial score (nSPS) is 13.8. The lowest BCUT2D eigenvalue weighted by atomic mass is 9.97. The number of benzene rings is 6. The van der Waals surface area contributed by atoms with Crippen molar-refractivity contribution in [2.45, 2.75) is 0 Å².